The van der Waals surface area contributed by atoms with Crippen LogP contribution in [0.4, 0.5) is 0 Å². The van der Waals surface area contributed by atoms with Crippen LogP contribution in [0.15, 0.2) is 34.8 Å². The maximum atomic E-state index is 5.20. The summed E-state index contributed by atoms with van der Waals surface area (Å²) in [6.07, 6.45) is 0. The summed E-state index contributed by atoms with van der Waals surface area (Å²) in [5.74, 6) is 1.22. The minimum atomic E-state index is 0.404. The fraction of sp³-hybridized carbons (Fsp3) is 0.231. The van der Waals surface area contributed by atoms with Crippen LogP contribution in [0.5, 0.6) is 0 Å². The first-order valence-electron chi connectivity index (χ1n) is 5.44. The van der Waals surface area contributed by atoms with Crippen molar-refractivity contribution >= 4 is 28.1 Å². The fourth-order valence-corrected chi connectivity index (χ4v) is 2.26. The number of benzene rings is 1. The smallest absolute Gasteiger partial charge is 0.140 e. The molecule has 2 aromatic rings. The molecule has 0 atom stereocenters. The Morgan fingerprint density at radius 2 is 2.00 bits per heavy atom. The van der Waals surface area contributed by atoms with E-state index >= 15 is 0 Å². The van der Waals surface area contributed by atoms with Crippen molar-refractivity contribution in [3.05, 3.63) is 45.1 Å². The van der Waals surface area contributed by atoms with Crippen molar-refractivity contribution in [3.8, 4) is 11.4 Å². The van der Waals surface area contributed by atoms with E-state index in [2.05, 4.69) is 39.7 Å². The van der Waals surface area contributed by atoms with Crippen LogP contribution >= 0.6 is 28.1 Å². The summed E-state index contributed by atoms with van der Waals surface area (Å²) in [4.78, 5) is 7.71. The van der Waals surface area contributed by atoms with Gasteiger partial charge in [0.2, 0.25) is 0 Å². The third-order valence-corrected chi connectivity index (χ3v) is 3.42. The molecule has 2 nitrogen and oxygen atoms in total. The van der Waals surface area contributed by atoms with Crippen LogP contribution in [-0.2, 0) is 0 Å². The van der Waals surface area contributed by atoms with Gasteiger partial charge in [0, 0.05) is 15.7 Å². The molecule has 1 N–H and O–H groups in total. The van der Waals surface area contributed by atoms with E-state index in [0.717, 1.165) is 21.6 Å². The molecule has 0 aliphatic carbocycles. The largest absolute Gasteiger partial charge is 0.343 e. The lowest BCUT2D eigenvalue weighted by Gasteiger charge is -2.09. The van der Waals surface area contributed by atoms with E-state index in [1.807, 2.05) is 30.3 Å². The first kappa shape index (κ1) is 12.5. The molecular weight excluding hydrogens is 296 g/mol. The number of nitrogens with one attached hydrogen (secondary N) is 1. The molecule has 0 saturated carbocycles. The van der Waals surface area contributed by atoms with Gasteiger partial charge in [0.25, 0.3) is 0 Å². The van der Waals surface area contributed by atoms with Crippen LogP contribution in [0.25, 0.3) is 11.4 Å². The van der Waals surface area contributed by atoms with Gasteiger partial charge < -0.3 is 4.98 Å². The molecule has 0 unspecified atom stereocenters. The second-order valence-electron chi connectivity index (χ2n) is 4.16. The maximum absolute atomic E-state index is 5.20. The molecule has 0 radical (unpaired) electrons. The van der Waals surface area contributed by atoms with E-state index in [1.165, 1.54) is 0 Å². The molecule has 0 fully saturated rings. The third kappa shape index (κ3) is 2.82. The molecule has 0 spiro atoms. The Kier molecular flexibility index (Phi) is 3.74. The molecule has 88 valence electrons. The van der Waals surface area contributed by atoms with Crippen molar-refractivity contribution in [3.63, 3.8) is 0 Å². The van der Waals surface area contributed by atoms with Gasteiger partial charge in [0.05, 0.1) is 0 Å². The van der Waals surface area contributed by atoms with Gasteiger partial charge in [-0.15, -0.1) is 0 Å². The quantitative estimate of drug-likeness (QED) is 0.815. The minimum absolute atomic E-state index is 0.404. The first-order valence-corrected chi connectivity index (χ1v) is 6.64. The molecule has 0 aliphatic rings. The standard InChI is InChI=1S/C13H13BrN2S/c1-8(2)11-7-12(17)16-13(15-11)9-5-3-4-6-10(9)14/h3-8H,1-2H3,(H,15,16,17). The Hall–Kier alpha value is -1.000. The second-order valence-corrected chi connectivity index (χ2v) is 5.43. The predicted octanol–water partition coefficient (Wildman–Crippen LogP) is 4.69. The van der Waals surface area contributed by atoms with Crippen LogP contribution in [0, 0.1) is 4.64 Å². The van der Waals surface area contributed by atoms with Crippen LogP contribution in [0.2, 0.25) is 0 Å². The molecule has 1 aromatic carbocycles. The van der Waals surface area contributed by atoms with Gasteiger partial charge >= 0.3 is 0 Å². The van der Waals surface area contributed by atoms with Crippen LogP contribution in [0.3, 0.4) is 0 Å². The predicted molar refractivity (Wildman–Crippen MR) is 76.6 cm³/mol. The Bertz CT molecular complexity index is 590. The Labute approximate surface area is 114 Å². The highest BCUT2D eigenvalue weighted by Gasteiger charge is 2.07. The Morgan fingerprint density at radius 1 is 1.29 bits per heavy atom. The Balaban J connectivity index is 2.60. The van der Waals surface area contributed by atoms with Crippen molar-refractivity contribution in [1.82, 2.24) is 9.97 Å². The number of H-pyrrole nitrogens is 1. The SMILES string of the molecule is CC(C)c1cc(=S)nc(-c2ccccc2Br)[nH]1. The number of hydrogen-bond acceptors (Lipinski definition) is 2. The number of nitrogens with zero attached hydrogens (tertiary/aromatic N) is 1. The Morgan fingerprint density at radius 3 is 2.65 bits per heavy atom. The summed E-state index contributed by atoms with van der Waals surface area (Å²) < 4.78 is 1.64. The van der Waals surface area contributed by atoms with Crippen LogP contribution in [-0.4, -0.2) is 9.97 Å². The zero-order valence-corrected chi connectivity index (χ0v) is 12.1. The average molecular weight is 309 g/mol. The summed E-state index contributed by atoms with van der Waals surface area (Å²) in [5.41, 5.74) is 2.14. The second kappa shape index (κ2) is 5.10. The average Bonchev–Trinajstić information content (AvgIpc) is 2.28. The zero-order chi connectivity index (χ0) is 12.4. The summed E-state index contributed by atoms with van der Waals surface area (Å²) >= 11 is 8.73. The van der Waals surface area contributed by atoms with E-state index in [-0.39, 0.29) is 0 Å². The summed E-state index contributed by atoms with van der Waals surface area (Å²) in [6, 6.07) is 9.90. The molecule has 4 heteroatoms. The molecule has 0 amide bonds. The summed E-state index contributed by atoms with van der Waals surface area (Å²) in [5, 5.41) is 0. The number of aromatic nitrogens is 2. The summed E-state index contributed by atoms with van der Waals surface area (Å²) in [7, 11) is 0. The van der Waals surface area contributed by atoms with Crippen molar-refractivity contribution in [1.29, 1.82) is 0 Å². The zero-order valence-electron chi connectivity index (χ0n) is 9.70. The van der Waals surface area contributed by atoms with Gasteiger partial charge in [0.15, 0.2) is 0 Å². The molecule has 0 saturated heterocycles. The van der Waals surface area contributed by atoms with Gasteiger partial charge in [-0.05, 0) is 18.1 Å². The van der Waals surface area contributed by atoms with Gasteiger partial charge in [-0.25, -0.2) is 4.98 Å². The van der Waals surface area contributed by atoms with Crippen molar-refractivity contribution in [2.24, 2.45) is 0 Å². The highest BCUT2D eigenvalue weighted by molar-refractivity contribution is 9.10. The fourth-order valence-electron chi connectivity index (χ4n) is 1.57. The number of halogens is 1. The highest BCUT2D eigenvalue weighted by Crippen LogP contribution is 2.26. The molecule has 1 aromatic heterocycles. The van der Waals surface area contributed by atoms with E-state index < -0.39 is 0 Å². The van der Waals surface area contributed by atoms with Gasteiger partial charge in [-0.2, -0.15) is 0 Å². The summed E-state index contributed by atoms with van der Waals surface area (Å²) in [6.45, 7) is 4.26. The molecule has 2 rings (SSSR count). The lowest BCUT2D eigenvalue weighted by Crippen LogP contribution is -1.98. The number of hydrogen-bond donors (Lipinski definition) is 1. The van der Waals surface area contributed by atoms with Crippen molar-refractivity contribution < 1.29 is 0 Å². The van der Waals surface area contributed by atoms with Crippen LogP contribution < -0.4 is 0 Å². The maximum Gasteiger partial charge on any atom is 0.140 e. The van der Waals surface area contributed by atoms with Gasteiger partial charge in [-0.1, -0.05) is 60.2 Å². The van der Waals surface area contributed by atoms with E-state index in [4.69, 9.17) is 12.2 Å². The lowest BCUT2D eigenvalue weighted by atomic mass is 10.1. The van der Waals surface area contributed by atoms with E-state index in [9.17, 15) is 0 Å². The van der Waals surface area contributed by atoms with E-state index in [0.29, 0.717) is 10.6 Å². The normalized spacial score (nSPS) is 10.8. The number of aromatic amines is 1. The van der Waals surface area contributed by atoms with Crippen LogP contribution in [0.1, 0.15) is 25.5 Å². The topological polar surface area (TPSA) is 28.7 Å². The monoisotopic (exact) mass is 308 g/mol. The molecule has 1 heterocycles. The van der Waals surface area contributed by atoms with Crippen molar-refractivity contribution in [2.75, 3.05) is 0 Å². The van der Waals surface area contributed by atoms with Crippen molar-refractivity contribution in [2.45, 2.75) is 19.8 Å². The number of rotatable bonds is 2. The lowest BCUT2D eigenvalue weighted by molar-refractivity contribution is 0.815. The first-order chi connectivity index (χ1) is 8.08. The molecule has 0 aliphatic heterocycles. The molecule has 17 heavy (non-hydrogen) atoms. The highest BCUT2D eigenvalue weighted by atomic mass is 79.9. The van der Waals surface area contributed by atoms with Gasteiger partial charge in [-0.3, -0.25) is 0 Å². The third-order valence-electron chi connectivity index (χ3n) is 2.51. The van der Waals surface area contributed by atoms with E-state index in [1.54, 1.807) is 0 Å². The minimum Gasteiger partial charge on any atom is -0.343 e. The van der Waals surface area contributed by atoms with Gasteiger partial charge in [0.1, 0.15) is 10.5 Å². The molecular formula is C13H13BrN2S. The molecule has 0 bridgehead atoms.